The summed E-state index contributed by atoms with van der Waals surface area (Å²) in [6, 6.07) is 8.62. The van der Waals surface area contributed by atoms with E-state index in [1.54, 1.807) is 0 Å². The Balaban J connectivity index is 0.00000192. The lowest BCUT2D eigenvalue weighted by molar-refractivity contribution is 0.377. The first-order valence-electron chi connectivity index (χ1n) is 7.56. The number of aromatic nitrogens is 3. The van der Waals surface area contributed by atoms with Gasteiger partial charge in [-0.25, -0.2) is 0 Å². The summed E-state index contributed by atoms with van der Waals surface area (Å²) in [6.07, 6.45) is 1.06. The molecule has 0 radical (unpaired) electrons. The van der Waals surface area contributed by atoms with Crippen molar-refractivity contribution in [1.29, 1.82) is 0 Å². The minimum atomic E-state index is 0. The average Bonchev–Trinajstić information content (AvgIpc) is 2.87. The molecule has 1 aliphatic rings. The molecule has 7 heteroatoms. The maximum absolute atomic E-state index is 4.41. The molecule has 0 saturated heterocycles. The molecule has 1 N–H and O–H groups in total. The van der Waals surface area contributed by atoms with Gasteiger partial charge in [-0.05, 0) is 24.5 Å². The fourth-order valence-corrected chi connectivity index (χ4v) is 2.77. The van der Waals surface area contributed by atoms with Crippen molar-refractivity contribution in [2.45, 2.75) is 26.4 Å². The number of hydrogen-bond acceptors (Lipinski definition) is 3. The van der Waals surface area contributed by atoms with E-state index in [1.165, 1.54) is 11.1 Å². The van der Waals surface area contributed by atoms with Crippen LogP contribution in [0.4, 0.5) is 0 Å². The number of nitrogens with zero attached hydrogens (tertiary/aromatic N) is 5. The first-order chi connectivity index (χ1) is 10.7. The van der Waals surface area contributed by atoms with Gasteiger partial charge in [-0.15, -0.1) is 34.2 Å². The molecule has 1 aromatic carbocycles. The fraction of sp³-hybridized carbons (Fsp3) is 0.438. The lowest BCUT2D eigenvalue weighted by atomic mass is 10.0. The van der Waals surface area contributed by atoms with Crippen LogP contribution in [0.3, 0.4) is 0 Å². The van der Waals surface area contributed by atoms with Gasteiger partial charge >= 0.3 is 0 Å². The molecule has 2 heterocycles. The third-order valence-electron chi connectivity index (χ3n) is 4.23. The Labute approximate surface area is 154 Å². The van der Waals surface area contributed by atoms with E-state index in [9.17, 15) is 0 Å². The standard InChI is InChI=1S/C16H22N6.HI/c1-12-19-20-15(21(12)3)10-18-16(17-2)22-9-8-13-6-4-5-7-14(13)11-22;/h4-7H,8-11H2,1-3H3,(H,17,18);1H. The monoisotopic (exact) mass is 426 g/mol. The molecule has 6 nitrogen and oxygen atoms in total. The second-order valence-electron chi connectivity index (χ2n) is 5.56. The Morgan fingerprint density at radius 3 is 2.65 bits per heavy atom. The van der Waals surface area contributed by atoms with E-state index in [0.29, 0.717) is 6.54 Å². The lowest BCUT2D eigenvalue weighted by Crippen LogP contribution is -2.44. The Hall–Kier alpha value is -1.64. The maximum atomic E-state index is 4.41. The summed E-state index contributed by atoms with van der Waals surface area (Å²) in [5, 5.41) is 11.7. The van der Waals surface area contributed by atoms with Crippen LogP contribution < -0.4 is 5.32 Å². The van der Waals surface area contributed by atoms with Crippen LogP contribution in [-0.2, 0) is 26.6 Å². The first-order valence-corrected chi connectivity index (χ1v) is 7.56. The molecule has 0 spiro atoms. The number of aryl methyl sites for hydroxylation is 1. The second-order valence-corrected chi connectivity index (χ2v) is 5.56. The fourth-order valence-electron chi connectivity index (χ4n) is 2.77. The highest BCUT2D eigenvalue weighted by molar-refractivity contribution is 14.0. The molecule has 0 saturated carbocycles. The van der Waals surface area contributed by atoms with Crippen LogP contribution in [0.1, 0.15) is 22.8 Å². The zero-order chi connectivity index (χ0) is 15.5. The molecule has 0 atom stereocenters. The molecule has 3 rings (SSSR count). The van der Waals surface area contributed by atoms with Crippen LogP contribution in [0.2, 0.25) is 0 Å². The molecule has 0 fully saturated rings. The van der Waals surface area contributed by atoms with Crippen LogP contribution in [0.5, 0.6) is 0 Å². The maximum Gasteiger partial charge on any atom is 0.194 e. The third kappa shape index (κ3) is 3.82. The molecule has 23 heavy (non-hydrogen) atoms. The average molecular weight is 426 g/mol. The van der Waals surface area contributed by atoms with Crippen molar-refractivity contribution in [3.05, 3.63) is 47.0 Å². The van der Waals surface area contributed by atoms with E-state index in [1.807, 2.05) is 25.6 Å². The SMILES string of the molecule is CN=C(NCc1nnc(C)n1C)N1CCc2ccccc2C1.I. The van der Waals surface area contributed by atoms with Gasteiger partial charge in [-0.2, -0.15) is 0 Å². The molecule has 124 valence electrons. The number of aliphatic imine (C=N–C) groups is 1. The molecule has 2 aromatic rings. The number of guanidine groups is 1. The normalized spacial score (nSPS) is 14.2. The summed E-state index contributed by atoms with van der Waals surface area (Å²) in [4.78, 5) is 6.69. The molecule has 0 bridgehead atoms. The summed E-state index contributed by atoms with van der Waals surface area (Å²) in [6.45, 7) is 4.46. The Morgan fingerprint density at radius 1 is 1.26 bits per heavy atom. The van der Waals surface area contributed by atoms with Gasteiger partial charge in [0.05, 0.1) is 6.54 Å². The predicted molar refractivity (Wildman–Crippen MR) is 102 cm³/mol. The van der Waals surface area contributed by atoms with Gasteiger partial charge in [-0.3, -0.25) is 4.99 Å². The molecule has 0 aliphatic carbocycles. The molecule has 0 amide bonds. The molecular formula is C16H23IN6. The van der Waals surface area contributed by atoms with Crippen LogP contribution >= 0.6 is 24.0 Å². The van der Waals surface area contributed by atoms with Gasteiger partial charge in [0.25, 0.3) is 0 Å². The summed E-state index contributed by atoms with van der Waals surface area (Å²) in [5.74, 6) is 2.74. The largest absolute Gasteiger partial charge is 0.349 e. The summed E-state index contributed by atoms with van der Waals surface area (Å²) < 4.78 is 1.99. The van der Waals surface area contributed by atoms with Crippen molar-refractivity contribution in [3.63, 3.8) is 0 Å². The van der Waals surface area contributed by atoms with Crippen LogP contribution in [0.15, 0.2) is 29.3 Å². The second kappa shape index (κ2) is 7.76. The summed E-state index contributed by atoms with van der Waals surface area (Å²) in [7, 11) is 3.80. The smallest absolute Gasteiger partial charge is 0.194 e. The van der Waals surface area contributed by atoms with E-state index < -0.39 is 0 Å². The highest BCUT2D eigenvalue weighted by atomic mass is 127. The summed E-state index contributed by atoms with van der Waals surface area (Å²) >= 11 is 0. The highest BCUT2D eigenvalue weighted by Crippen LogP contribution is 2.18. The van der Waals surface area contributed by atoms with Crippen LogP contribution in [0, 0.1) is 6.92 Å². The van der Waals surface area contributed by atoms with Gasteiger partial charge in [-0.1, -0.05) is 24.3 Å². The van der Waals surface area contributed by atoms with E-state index in [0.717, 1.165) is 37.1 Å². The molecule has 1 aliphatic heterocycles. The van der Waals surface area contributed by atoms with Crippen molar-refractivity contribution in [1.82, 2.24) is 25.0 Å². The van der Waals surface area contributed by atoms with E-state index in [2.05, 4.69) is 49.7 Å². The predicted octanol–water partition coefficient (Wildman–Crippen LogP) is 1.88. The van der Waals surface area contributed by atoms with Crippen molar-refractivity contribution in [3.8, 4) is 0 Å². The third-order valence-corrected chi connectivity index (χ3v) is 4.23. The quantitative estimate of drug-likeness (QED) is 0.453. The summed E-state index contributed by atoms with van der Waals surface area (Å²) in [5.41, 5.74) is 2.82. The van der Waals surface area contributed by atoms with Crippen molar-refractivity contribution >= 4 is 29.9 Å². The Kier molecular flexibility index (Phi) is 5.97. The lowest BCUT2D eigenvalue weighted by Gasteiger charge is -2.31. The first kappa shape index (κ1) is 17.7. The number of fused-ring (bicyclic) bond motifs is 1. The van der Waals surface area contributed by atoms with Crippen molar-refractivity contribution < 1.29 is 0 Å². The molecule has 0 unspecified atom stereocenters. The Morgan fingerprint density at radius 2 is 2.00 bits per heavy atom. The van der Waals surface area contributed by atoms with Gasteiger partial charge in [0.15, 0.2) is 11.8 Å². The van der Waals surface area contributed by atoms with E-state index in [4.69, 9.17) is 0 Å². The topological polar surface area (TPSA) is 58.3 Å². The van der Waals surface area contributed by atoms with Crippen molar-refractivity contribution in [2.75, 3.05) is 13.6 Å². The number of benzene rings is 1. The minimum Gasteiger partial charge on any atom is -0.349 e. The van der Waals surface area contributed by atoms with Gasteiger partial charge in [0.1, 0.15) is 5.82 Å². The molecular weight excluding hydrogens is 403 g/mol. The number of halogens is 1. The van der Waals surface area contributed by atoms with Crippen LogP contribution in [-0.4, -0.2) is 39.2 Å². The van der Waals surface area contributed by atoms with Gasteiger partial charge in [0.2, 0.25) is 0 Å². The number of hydrogen-bond donors (Lipinski definition) is 1. The zero-order valence-electron chi connectivity index (χ0n) is 13.8. The highest BCUT2D eigenvalue weighted by Gasteiger charge is 2.19. The minimum absolute atomic E-state index is 0. The Bertz CT molecular complexity index is 694. The van der Waals surface area contributed by atoms with Gasteiger partial charge in [0, 0.05) is 27.2 Å². The number of rotatable bonds is 2. The van der Waals surface area contributed by atoms with Gasteiger partial charge < -0.3 is 14.8 Å². The zero-order valence-corrected chi connectivity index (χ0v) is 16.1. The van der Waals surface area contributed by atoms with Crippen molar-refractivity contribution in [2.24, 2.45) is 12.0 Å². The number of nitrogens with one attached hydrogen (secondary N) is 1. The van der Waals surface area contributed by atoms with E-state index in [-0.39, 0.29) is 24.0 Å². The van der Waals surface area contributed by atoms with E-state index >= 15 is 0 Å². The molecule has 1 aromatic heterocycles. The van der Waals surface area contributed by atoms with Crippen LogP contribution in [0.25, 0.3) is 0 Å².